The van der Waals surface area contributed by atoms with Crippen molar-refractivity contribution in [3.05, 3.63) is 24.0 Å². The highest BCUT2D eigenvalue weighted by atomic mass is 35.5. The van der Waals surface area contributed by atoms with Crippen LogP contribution < -0.4 is 0 Å². The van der Waals surface area contributed by atoms with E-state index in [0.29, 0.717) is 6.42 Å². The third-order valence-electron chi connectivity index (χ3n) is 3.22. The third kappa shape index (κ3) is 1.86. The first-order chi connectivity index (χ1) is 7.99. The first kappa shape index (κ1) is 12.2. The number of methoxy groups -OCH3 is 1. The highest BCUT2D eigenvalue weighted by molar-refractivity contribution is 6.35. The number of halogens is 1. The van der Waals surface area contributed by atoms with E-state index < -0.39 is 10.8 Å². The summed E-state index contributed by atoms with van der Waals surface area (Å²) in [4.78, 5) is 21.4. The maximum Gasteiger partial charge on any atom is 0.327 e. The van der Waals surface area contributed by atoms with Gasteiger partial charge in [0.25, 0.3) is 0 Å². The van der Waals surface area contributed by atoms with E-state index in [1.54, 1.807) is 0 Å². The van der Waals surface area contributed by atoms with Crippen LogP contribution in [0, 0.1) is 11.8 Å². The largest absolute Gasteiger partial charge is 0.468 e. The molecule has 5 heteroatoms. The van der Waals surface area contributed by atoms with Crippen LogP contribution >= 0.6 is 11.6 Å². The van der Waals surface area contributed by atoms with Gasteiger partial charge in [-0.1, -0.05) is 12.2 Å². The summed E-state index contributed by atoms with van der Waals surface area (Å²) >= 11 is 6.32. The molecular formula is C12H13ClO4. The van der Waals surface area contributed by atoms with Crippen molar-refractivity contribution in [2.24, 2.45) is 11.8 Å². The lowest BCUT2D eigenvalue weighted by Crippen LogP contribution is -2.37. The Labute approximate surface area is 104 Å². The lowest BCUT2D eigenvalue weighted by Gasteiger charge is -2.24. The van der Waals surface area contributed by atoms with Gasteiger partial charge in [0.2, 0.25) is 0 Å². The van der Waals surface area contributed by atoms with E-state index in [0.717, 1.165) is 5.57 Å². The molecule has 0 amide bonds. The molecular weight excluding hydrogens is 244 g/mol. The fourth-order valence-electron chi connectivity index (χ4n) is 2.44. The van der Waals surface area contributed by atoms with Gasteiger partial charge in [-0.2, -0.15) is 0 Å². The molecule has 2 rings (SSSR count). The molecule has 3 unspecified atom stereocenters. The van der Waals surface area contributed by atoms with E-state index in [1.807, 2.05) is 12.2 Å². The average Bonchev–Trinajstić information content (AvgIpc) is 2.79. The van der Waals surface area contributed by atoms with Crippen molar-refractivity contribution in [3.63, 3.8) is 0 Å². The van der Waals surface area contributed by atoms with Gasteiger partial charge < -0.3 is 9.47 Å². The van der Waals surface area contributed by atoms with Crippen molar-refractivity contribution < 1.29 is 19.1 Å². The van der Waals surface area contributed by atoms with Gasteiger partial charge in [0.05, 0.1) is 13.4 Å². The minimum absolute atomic E-state index is 0.0518. The van der Waals surface area contributed by atoms with Crippen LogP contribution in [0.4, 0.5) is 0 Å². The molecule has 0 aromatic heterocycles. The Balaban J connectivity index is 2.24. The standard InChI is InChI=1S/C12H13ClO4/c1-7(14)17-6-9-8-3-4-10(9)12(13,5-8)11(15)16-2/h3-4,6,8,10H,5H2,1-2H3. The predicted octanol–water partition coefficient (Wildman–Crippen LogP) is 1.79. The zero-order valence-electron chi connectivity index (χ0n) is 9.60. The number of alkyl halides is 1. The summed E-state index contributed by atoms with van der Waals surface area (Å²) in [5, 5.41) is 0. The van der Waals surface area contributed by atoms with E-state index in [9.17, 15) is 9.59 Å². The zero-order valence-corrected chi connectivity index (χ0v) is 10.4. The highest BCUT2D eigenvalue weighted by Crippen LogP contribution is 2.54. The summed E-state index contributed by atoms with van der Waals surface area (Å²) in [6.07, 6.45) is 5.73. The van der Waals surface area contributed by atoms with Crippen molar-refractivity contribution in [2.45, 2.75) is 18.2 Å². The minimum atomic E-state index is -1.06. The van der Waals surface area contributed by atoms with E-state index in [4.69, 9.17) is 21.1 Å². The average molecular weight is 257 g/mol. The van der Waals surface area contributed by atoms with Crippen LogP contribution in [0.25, 0.3) is 0 Å². The summed E-state index contributed by atoms with van der Waals surface area (Å²) in [6, 6.07) is 0. The SMILES string of the molecule is COC(=O)C1(Cl)CC2C=CC1C2=COC(C)=O. The maximum absolute atomic E-state index is 11.7. The van der Waals surface area contributed by atoms with Crippen LogP contribution in [-0.2, 0) is 19.1 Å². The number of allylic oxidation sites excluding steroid dienone is 3. The Hall–Kier alpha value is -1.29. The second-order valence-corrected chi connectivity index (χ2v) is 4.93. The summed E-state index contributed by atoms with van der Waals surface area (Å²) in [5.74, 6) is -1.02. The van der Waals surface area contributed by atoms with Crippen LogP contribution in [0.15, 0.2) is 24.0 Å². The van der Waals surface area contributed by atoms with Crippen molar-refractivity contribution in [3.8, 4) is 0 Å². The smallest absolute Gasteiger partial charge is 0.327 e. The van der Waals surface area contributed by atoms with Crippen molar-refractivity contribution in [1.29, 1.82) is 0 Å². The van der Waals surface area contributed by atoms with Crippen LogP contribution in [0.1, 0.15) is 13.3 Å². The first-order valence-electron chi connectivity index (χ1n) is 5.32. The lowest BCUT2D eigenvalue weighted by atomic mass is 9.92. The first-order valence-corrected chi connectivity index (χ1v) is 5.69. The molecule has 2 aliphatic rings. The monoisotopic (exact) mass is 256 g/mol. The summed E-state index contributed by atoms with van der Waals surface area (Å²) < 4.78 is 9.59. The summed E-state index contributed by atoms with van der Waals surface area (Å²) in [7, 11) is 1.32. The molecule has 3 atom stereocenters. The van der Waals surface area contributed by atoms with E-state index >= 15 is 0 Å². The van der Waals surface area contributed by atoms with Crippen molar-refractivity contribution in [1.82, 2.24) is 0 Å². The molecule has 4 nitrogen and oxygen atoms in total. The molecule has 1 saturated carbocycles. The second-order valence-electron chi connectivity index (χ2n) is 4.25. The molecule has 0 heterocycles. The zero-order chi connectivity index (χ0) is 12.6. The Morgan fingerprint density at radius 2 is 2.24 bits per heavy atom. The van der Waals surface area contributed by atoms with Gasteiger partial charge in [0.15, 0.2) is 4.87 Å². The minimum Gasteiger partial charge on any atom is -0.468 e. The van der Waals surface area contributed by atoms with Crippen LogP contribution in [0.2, 0.25) is 0 Å². The van der Waals surface area contributed by atoms with Gasteiger partial charge in [-0.15, -0.1) is 11.6 Å². The predicted molar refractivity (Wildman–Crippen MR) is 61.2 cm³/mol. The van der Waals surface area contributed by atoms with E-state index in [-0.39, 0.29) is 17.8 Å². The quantitative estimate of drug-likeness (QED) is 0.327. The molecule has 0 N–H and O–H groups in total. The number of hydrogen-bond acceptors (Lipinski definition) is 4. The second kappa shape index (κ2) is 4.18. The normalized spacial score (nSPS) is 36.3. The van der Waals surface area contributed by atoms with Gasteiger partial charge in [-0.25, -0.2) is 0 Å². The summed E-state index contributed by atoms with van der Waals surface area (Å²) in [6.45, 7) is 1.33. The van der Waals surface area contributed by atoms with Gasteiger partial charge in [-0.3, -0.25) is 9.59 Å². The number of esters is 2. The maximum atomic E-state index is 11.7. The van der Waals surface area contributed by atoms with Crippen molar-refractivity contribution >= 4 is 23.5 Å². The Bertz CT molecular complexity index is 426. The molecule has 17 heavy (non-hydrogen) atoms. The number of carbonyl (C=O) groups is 2. The molecule has 0 spiro atoms. The fourth-order valence-corrected chi connectivity index (χ4v) is 2.88. The third-order valence-corrected chi connectivity index (χ3v) is 3.76. The topological polar surface area (TPSA) is 52.6 Å². The number of fused-ring (bicyclic) bond motifs is 2. The van der Waals surface area contributed by atoms with Crippen LogP contribution in [-0.4, -0.2) is 23.9 Å². The van der Waals surface area contributed by atoms with Crippen LogP contribution in [0.5, 0.6) is 0 Å². The fraction of sp³-hybridized carbons (Fsp3) is 0.500. The molecule has 2 bridgehead atoms. The molecule has 0 aromatic rings. The molecule has 0 radical (unpaired) electrons. The number of carbonyl (C=O) groups excluding carboxylic acids is 2. The molecule has 2 aliphatic carbocycles. The Kier molecular flexibility index (Phi) is 3.00. The molecule has 0 aliphatic heterocycles. The highest BCUT2D eigenvalue weighted by Gasteiger charge is 2.56. The number of rotatable bonds is 2. The number of hydrogen-bond donors (Lipinski definition) is 0. The lowest BCUT2D eigenvalue weighted by molar-refractivity contribution is -0.144. The van der Waals surface area contributed by atoms with E-state index in [1.165, 1.54) is 20.3 Å². The van der Waals surface area contributed by atoms with Crippen LogP contribution in [0.3, 0.4) is 0 Å². The number of ether oxygens (including phenoxy) is 2. The summed E-state index contributed by atoms with van der Waals surface area (Å²) in [5.41, 5.74) is 0.862. The molecule has 0 saturated heterocycles. The van der Waals surface area contributed by atoms with Gasteiger partial charge in [0, 0.05) is 18.8 Å². The van der Waals surface area contributed by atoms with E-state index in [2.05, 4.69) is 0 Å². The molecule has 92 valence electrons. The molecule has 1 fully saturated rings. The van der Waals surface area contributed by atoms with Gasteiger partial charge >= 0.3 is 11.9 Å². The van der Waals surface area contributed by atoms with Crippen molar-refractivity contribution in [2.75, 3.05) is 7.11 Å². The Morgan fingerprint density at radius 3 is 2.82 bits per heavy atom. The van der Waals surface area contributed by atoms with Gasteiger partial charge in [-0.05, 0) is 12.0 Å². The Morgan fingerprint density at radius 1 is 1.53 bits per heavy atom. The van der Waals surface area contributed by atoms with Gasteiger partial charge in [0.1, 0.15) is 0 Å². The molecule has 0 aromatic carbocycles.